The second kappa shape index (κ2) is 3.73. The van der Waals surface area contributed by atoms with Gasteiger partial charge in [-0.3, -0.25) is 4.98 Å². The Hall–Kier alpha value is -1.65. The first-order valence-corrected chi connectivity index (χ1v) is 5.86. The van der Waals surface area contributed by atoms with Crippen molar-refractivity contribution in [2.75, 3.05) is 5.32 Å². The number of thiazole rings is 1. The average Bonchev–Trinajstić information content (AvgIpc) is 2.89. The van der Waals surface area contributed by atoms with Crippen LogP contribution in [0.2, 0.25) is 0 Å². The zero-order valence-corrected chi connectivity index (χ0v) is 9.24. The summed E-state index contributed by atoms with van der Waals surface area (Å²) in [6.45, 7) is 0. The molecule has 1 aromatic carbocycles. The molecule has 80 valence electrons. The number of aromatic nitrogens is 1. The molecule has 0 bridgehead atoms. The number of fused-ring (bicyclic) bond motifs is 1. The lowest BCUT2D eigenvalue weighted by atomic mass is 10.1. The van der Waals surface area contributed by atoms with E-state index < -0.39 is 6.23 Å². The van der Waals surface area contributed by atoms with Crippen LogP contribution in [0.4, 0.5) is 5.69 Å². The average molecular weight is 230 g/mol. The molecule has 0 aliphatic carbocycles. The standard InChI is InChI=1S/C12H10N2OS/c15-12-10(5-8-6-13-7-16-8)9-3-1-2-4-11(9)14-12/h1-7,12,14-15H/b10-5-. The number of aliphatic hydroxyl groups is 1. The van der Waals surface area contributed by atoms with Crippen LogP contribution in [-0.4, -0.2) is 16.3 Å². The van der Waals surface area contributed by atoms with Gasteiger partial charge in [0.1, 0.15) is 0 Å². The van der Waals surface area contributed by atoms with E-state index >= 15 is 0 Å². The van der Waals surface area contributed by atoms with Gasteiger partial charge >= 0.3 is 0 Å². The van der Waals surface area contributed by atoms with E-state index in [0.29, 0.717) is 0 Å². The van der Waals surface area contributed by atoms with Gasteiger partial charge in [-0.2, -0.15) is 0 Å². The van der Waals surface area contributed by atoms with Gasteiger partial charge in [0, 0.05) is 27.9 Å². The largest absolute Gasteiger partial charge is 0.369 e. The van der Waals surface area contributed by atoms with Crippen molar-refractivity contribution in [3.8, 4) is 0 Å². The summed E-state index contributed by atoms with van der Waals surface area (Å²) in [7, 11) is 0. The third-order valence-corrected chi connectivity index (χ3v) is 3.30. The Bertz CT molecular complexity index is 534. The third-order valence-electron chi connectivity index (χ3n) is 2.57. The molecular weight excluding hydrogens is 220 g/mol. The van der Waals surface area contributed by atoms with Crippen molar-refractivity contribution in [3.05, 3.63) is 46.4 Å². The van der Waals surface area contributed by atoms with Crippen molar-refractivity contribution in [1.82, 2.24) is 4.98 Å². The minimum atomic E-state index is -0.625. The van der Waals surface area contributed by atoms with Crippen LogP contribution in [0.25, 0.3) is 11.6 Å². The van der Waals surface area contributed by atoms with Crippen LogP contribution in [0.1, 0.15) is 10.4 Å². The molecule has 0 saturated carbocycles. The van der Waals surface area contributed by atoms with Crippen LogP contribution in [0, 0.1) is 0 Å². The zero-order valence-electron chi connectivity index (χ0n) is 8.42. The fourth-order valence-corrected chi connectivity index (χ4v) is 2.40. The van der Waals surface area contributed by atoms with Crippen molar-refractivity contribution in [2.45, 2.75) is 6.23 Å². The Morgan fingerprint density at radius 2 is 2.25 bits per heavy atom. The first-order valence-electron chi connectivity index (χ1n) is 4.99. The highest BCUT2D eigenvalue weighted by atomic mass is 32.1. The molecular formula is C12H10N2OS. The molecule has 0 fully saturated rings. The Morgan fingerprint density at radius 1 is 1.38 bits per heavy atom. The summed E-state index contributed by atoms with van der Waals surface area (Å²) < 4.78 is 0. The molecule has 0 spiro atoms. The Balaban J connectivity index is 2.08. The fourth-order valence-electron chi connectivity index (χ4n) is 1.84. The van der Waals surface area contributed by atoms with E-state index in [-0.39, 0.29) is 0 Å². The molecule has 0 saturated heterocycles. The molecule has 0 radical (unpaired) electrons. The molecule has 16 heavy (non-hydrogen) atoms. The maximum absolute atomic E-state index is 9.91. The molecule has 1 unspecified atom stereocenters. The van der Waals surface area contributed by atoms with Crippen LogP contribution < -0.4 is 5.32 Å². The molecule has 0 amide bonds. The summed E-state index contributed by atoms with van der Waals surface area (Å²) in [6, 6.07) is 7.89. The zero-order chi connectivity index (χ0) is 11.0. The predicted molar refractivity (Wildman–Crippen MR) is 66.1 cm³/mol. The number of rotatable bonds is 1. The molecule has 1 aromatic heterocycles. The summed E-state index contributed by atoms with van der Waals surface area (Å²) in [5.41, 5.74) is 4.72. The summed E-state index contributed by atoms with van der Waals surface area (Å²) in [5, 5.41) is 12.9. The lowest BCUT2D eigenvalue weighted by molar-refractivity contribution is 0.266. The van der Waals surface area contributed by atoms with Crippen LogP contribution >= 0.6 is 11.3 Å². The number of nitrogens with one attached hydrogen (secondary N) is 1. The normalized spacial score (nSPS) is 20.8. The van der Waals surface area contributed by atoms with E-state index in [1.54, 1.807) is 23.0 Å². The number of anilines is 1. The minimum Gasteiger partial charge on any atom is -0.369 e. The van der Waals surface area contributed by atoms with E-state index in [1.807, 2.05) is 30.3 Å². The summed E-state index contributed by atoms with van der Waals surface area (Å²) >= 11 is 1.56. The van der Waals surface area contributed by atoms with Crippen molar-refractivity contribution in [1.29, 1.82) is 0 Å². The molecule has 2 heterocycles. The van der Waals surface area contributed by atoms with E-state index in [0.717, 1.165) is 21.7 Å². The van der Waals surface area contributed by atoms with E-state index in [2.05, 4.69) is 10.3 Å². The molecule has 2 N–H and O–H groups in total. The first kappa shape index (κ1) is 9.57. The molecule has 1 atom stereocenters. The van der Waals surface area contributed by atoms with Crippen molar-refractivity contribution < 1.29 is 5.11 Å². The number of nitrogens with zero attached hydrogens (tertiary/aromatic N) is 1. The molecule has 1 aliphatic heterocycles. The van der Waals surface area contributed by atoms with Gasteiger partial charge in [0.25, 0.3) is 0 Å². The van der Waals surface area contributed by atoms with Crippen LogP contribution in [0.3, 0.4) is 0 Å². The van der Waals surface area contributed by atoms with Crippen LogP contribution in [0.5, 0.6) is 0 Å². The van der Waals surface area contributed by atoms with Crippen molar-refractivity contribution in [3.63, 3.8) is 0 Å². The Morgan fingerprint density at radius 3 is 3.06 bits per heavy atom. The second-order valence-electron chi connectivity index (χ2n) is 3.60. The fraction of sp³-hybridized carbons (Fsp3) is 0.0833. The second-order valence-corrected chi connectivity index (χ2v) is 4.51. The van der Waals surface area contributed by atoms with Gasteiger partial charge < -0.3 is 10.4 Å². The highest BCUT2D eigenvalue weighted by molar-refractivity contribution is 7.10. The molecule has 3 nitrogen and oxygen atoms in total. The number of benzene rings is 1. The van der Waals surface area contributed by atoms with Crippen LogP contribution in [0.15, 0.2) is 36.0 Å². The highest BCUT2D eigenvalue weighted by Gasteiger charge is 2.23. The Kier molecular flexibility index (Phi) is 2.23. The predicted octanol–water partition coefficient (Wildman–Crippen LogP) is 2.43. The minimum absolute atomic E-state index is 0.625. The van der Waals surface area contributed by atoms with Gasteiger partial charge in [-0.05, 0) is 12.1 Å². The van der Waals surface area contributed by atoms with Gasteiger partial charge in [-0.1, -0.05) is 18.2 Å². The monoisotopic (exact) mass is 230 g/mol. The van der Waals surface area contributed by atoms with Gasteiger partial charge in [0.15, 0.2) is 6.23 Å². The maximum Gasteiger partial charge on any atom is 0.151 e. The number of para-hydroxylation sites is 1. The maximum atomic E-state index is 9.91. The van der Waals surface area contributed by atoms with E-state index in [9.17, 15) is 5.11 Å². The van der Waals surface area contributed by atoms with Crippen molar-refractivity contribution >= 4 is 28.7 Å². The highest BCUT2D eigenvalue weighted by Crippen LogP contribution is 2.35. The van der Waals surface area contributed by atoms with Gasteiger partial charge in [-0.15, -0.1) is 11.3 Å². The molecule has 1 aliphatic rings. The van der Waals surface area contributed by atoms with Gasteiger partial charge in [0.2, 0.25) is 0 Å². The first-order chi connectivity index (χ1) is 7.84. The van der Waals surface area contributed by atoms with Crippen LogP contribution in [-0.2, 0) is 0 Å². The number of aliphatic hydroxyl groups excluding tert-OH is 1. The summed E-state index contributed by atoms with van der Waals surface area (Å²) in [4.78, 5) is 5.07. The Labute approximate surface area is 97.1 Å². The smallest absolute Gasteiger partial charge is 0.151 e. The topological polar surface area (TPSA) is 45.1 Å². The van der Waals surface area contributed by atoms with Crippen molar-refractivity contribution in [2.24, 2.45) is 0 Å². The number of hydrogen-bond acceptors (Lipinski definition) is 4. The molecule has 4 heteroatoms. The SMILES string of the molecule is OC1Nc2ccccc2/C1=C/c1cncs1. The number of hydrogen-bond donors (Lipinski definition) is 2. The molecule has 2 aromatic rings. The molecule has 3 rings (SSSR count). The summed E-state index contributed by atoms with van der Waals surface area (Å²) in [6.07, 6.45) is 3.14. The summed E-state index contributed by atoms with van der Waals surface area (Å²) in [5.74, 6) is 0. The van der Waals surface area contributed by atoms with Gasteiger partial charge in [-0.25, -0.2) is 0 Å². The third kappa shape index (κ3) is 1.52. The quantitative estimate of drug-likeness (QED) is 0.791. The lowest BCUT2D eigenvalue weighted by Gasteiger charge is -2.03. The van der Waals surface area contributed by atoms with E-state index in [1.165, 1.54) is 0 Å². The van der Waals surface area contributed by atoms with Gasteiger partial charge in [0.05, 0.1) is 5.51 Å². The lowest BCUT2D eigenvalue weighted by Crippen LogP contribution is -2.12. The van der Waals surface area contributed by atoms with E-state index in [4.69, 9.17) is 0 Å².